The number of methoxy groups -OCH3 is 1. The summed E-state index contributed by atoms with van der Waals surface area (Å²) in [7, 11) is -3.38. The number of nitrogens with two attached hydrogens (primary N) is 2. The van der Waals surface area contributed by atoms with Crippen molar-refractivity contribution in [1.29, 1.82) is 0 Å². The summed E-state index contributed by atoms with van der Waals surface area (Å²) in [5.41, 5.74) is 10.3. The SMILES string of the molecule is CCN(CC)C(=O)Nc1c(Cl)c(C(CCCCN)C(=O)OC)cc2c1C(N)(c1ccccc1Cl)C(=O)N2S(=O)(=O)c1ccccc1. The maximum Gasteiger partial charge on any atom is 0.321 e. The molecule has 0 radical (unpaired) electrons. The Balaban J connectivity index is 2.15. The Kier molecular flexibility index (Phi) is 11.0. The van der Waals surface area contributed by atoms with Gasteiger partial charge in [-0.25, -0.2) is 17.5 Å². The standard InChI is InChI=1S/C32H37Cl2N5O6S/c1-4-38(5-2)31(42)37-28-26-25(19-22(27(28)34)21(29(40)45-3)15-11-12-18-35)39(46(43,44)20-13-7-6-8-14-20)30(41)32(26,36)23-16-9-10-17-24(23)33/h6-10,13-14,16-17,19,21H,4-5,11-12,15,18,35-36H2,1-3H3,(H,37,42). The number of rotatable bonds is 12. The van der Waals surface area contributed by atoms with Crippen molar-refractivity contribution in [1.82, 2.24) is 4.90 Å². The van der Waals surface area contributed by atoms with Crippen molar-refractivity contribution in [2.75, 3.05) is 36.4 Å². The molecule has 0 spiro atoms. The fourth-order valence-electron chi connectivity index (χ4n) is 5.67. The second-order valence-electron chi connectivity index (χ2n) is 10.7. The number of nitrogens with one attached hydrogen (secondary N) is 1. The molecule has 3 aromatic rings. The number of carbonyl (C=O) groups is 3. The molecule has 46 heavy (non-hydrogen) atoms. The van der Waals surface area contributed by atoms with Crippen LogP contribution in [0.1, 0.15) is 55.7 Å². The van der Waals surface area contributed by atoms with E-state index in [4.69, 9.17) is 39.4 Å². The number of hydrogen-bond acceptors (Lipinski definition) is 8. The van der Waals surface area contributed by atoms with Gasteiger partial charge in [-0.1, -0.05) is 66.0 Å². The summed E-state index contributed by atoms with van der Waals surface area (Å²) in [4.78, 5) is 42.7. The molecule has 0 saturated heterocycles. The first-order valence-corrected chi connectivity index (χ1v) is 17.0. The van der Waals surface area contributed by atoms with Crippen molar-refractivity contribution in [2.24, 2.45) is 11.5 Å². The number of hydrogen-bond donors (Lipinski definition) is 3. The molecule has 1 aliphatic rings. The Morgan fingerprint density at radius 1 is 1.04 bits per heavy atom. The first-order valence-electron chi connectivity index (χ1n) is 14.8. The van der Waals surface area contributed by atoms with Crippen LogP contribution in [0.4, 0.5) is 16.2 Å². The van der Waals surface area contributed by atoms with E-state index in [2.05, 4.69) is 5.32 Å². The van der Waals surface area contributed by atoms with Gasteiger partial charge in [-0.05, 0) is 63.1 Å². The Labute approximate surface area is 278 Å². The minimum Gasteiger partial charge on any atom is -0.469 e. The van der Waals surface area contributed by atoms with Gasteiger partial charge in [0, 0.05) is 29.2 Å². The molecule has 3 amide bonds. The van der Waals surface area contributed by atoms with Crippen LogP contribution in [0.15, 0.2) is 65.6 Å². The molecule has 5 N–H and O–H groups in total. The predicted molar refractivity (Wildman–Crippen MR) is 179 cm³/mol. The second-order valence-corrected chi connectivity index (χ2v) is 13.3. The monoisotopic (exact) mass is 689 g/mol. The molecule has 246 valence electrons. The molecule has 0 aromatic heterocycles. The highest BCUT2D eigenvalue weighted by molar-refractivity contribution is 7.93. The van der Waals surface area contributed by atoms with Crippen LogP contribution in [0.3, 0.4) is 0 Å². The van der Waals surface area contributed by atoms with E-state index < -0.39 is 39.4 Å². The lowest BCUT2D eigenvalue weighted by atomic mass is 9.82. The van der Waals surface area contributed by atoms with Gasteiger partial charge in [-0.3, -0.25) is 9.59 Å². The molecule has 1 aliphatic heterocycles. The summed E-state index contributed by atoms with van der Waals surface area (Å²) in [6.45, 7) is 4.60. The Morgan fingerprint density at radius 2 is 1.67 bits per heavy atom. The Bertz CT molecular complexity index is 1740. The van der Waals surface area contributed by atoms with Crippen LogP contribution in [0.2, 0.25) is 10.0 Å². The quantitative estimate of drug-likeness (QED) is 0.173. The van der Waals surface area contributed by atoms with Crippen molar-refractivity contribution in [3.05, 3.63) is 87.4 Å². The van der Waals surface area contributed by atoms with E-state index in [1.165, 1.54) is 54.5 Å². The van der Waals surface area contributed by atoms with E-state index in [9.17, 15) is 22.8 Å². The molecular weight excluding hydrogens is 653 g/mol. The highest BCUT2D eigenvalue weighted by atomic mass is 35.5. The summed E-state index contributed by atoms with van der Waals surface area (Å²) in [6, 6.07) is 14.4. The van der Waals surface area contributed by atoms with E-state index in [1.807, 2.05) is 0 Å². The fourth-order valence-corrected chi connectivity index (χ4v) is 7.76. The highest BCUT2D eigenvalue weighted by Crippen LogP contribution is 2.54. The van der Waals surface area contributed by atoms with Crippen LogP contribution in [-0.2, 0) is 29.9 Å². The summed E-state index contributed by atoms with van der Waals surface area (Å²) in [6.07, 6.45) is 1.34. The van der Waals surface area contributed by atoms with Crippen LogP contribution in [0.5, 0.6) is 0 Å². The average molecular weight is 691 g/mol. The smallest absolute Gasteiger partial charge is 0.321 e. The van der Waals surface area contributed by atoms with Crippen LogP contribution in [0.25, 0.3) is 0 Å². The number of benzene rings is 3. The maximum atomic E-state index is 14.6. The zero-order chi connectivity index (χ0) is 33.8. The molecule has 3 aromatic carbocycles. The van der Waals surface area contributed by atoms with Crippen molar-refractivity contribution in [3.8, 4) is 0 Å². The number of esters is 1. The number of fused-ring (bicyclic) bond motifs is 1. The van der Waals surface area contributed by atoms with Crippen molar-refractivity contribution >= 4 is 62.5 Å². The number of urea groups is 1. The van der Waals surface area contributed by atoms with Gasteiger partial charge in [0.2, 0.25) is 0 Å². The van der Waals surface area contributed by atoms with Gasteiger partial charge in [0.1, 0.15) is 0 Å². The number of sulfonamides is 1. The lowest BCUT2D eigenvalue weighted by Crippen LogP contribution is -2.50. The number of ether oxygens (including phenoxy) is 1. The zero-order valence-corrected chi connectivity index (χ0v) is 28.1. The van der Waals surface area contributed by atoms with Gasteiger partial charge in [-0.15, -0.1) is 0 Å². The molecule has 0 fully saturated rings. The molecule has 0 aliphatic carbocycles. The topological polar surface area (TPSA) is 165 Å². The highest BCUT2D eigenvalue weighted by Gasteiger charge is 2.57. The van der Waals surface area contributed by atoms with Crippen LogP contribution in [-0.4, -0.2) is 58.0 Å². The van der Waals surface area contributed by atoms with Gasteiger partial charge in [0.15, 0.2) is 5.54 Å². The molecule has 1 heterocycles. The molecule has 0 bridgehead atoms. The minimum atomic E-state index is -4.60. The summed E-state index contributed by atoms with van der Waals surface area (Å²) in [5.74, 6) is -2.70. The number of nitrogens with zero attached hydrogens (tertiary/aromatic N) is 2. The zero-order valence-electron chi connectivity index (χ0n) is 25.8. The van der Waals surface area contributed by atoms with E-state index in [1.54, 1.807) is 32.0 Å². The molecule has 14 heteroatoms. The third-order valence-electron chi connectivity index (χ3n) is 8.08. The third-order valence-corrected chi connectivity index (χ3v) is 10.5. The molecular formula is C32H37Cl2N5O6S. The third kappa shape index (κ3) is 6.19. The number of unbranched alkanes of at least 4 members (excludes halogenated alkanes) is 1. The van der Waals surface area contributed by atoms with E-state index >= 15 is 0 Å². The molecule has 4 rings (SSSR count). The number of anilines is 2. The second kappa shape index (κ2) is 14.4. The van der Waals surface area contributed by atoms with E-state index in [-0.39, 0.29) is 49.4 Å². The van der Waals surface area contributed by atoms with E-state index in [0.717, 1.165) is 0 Å². The summed E-state index contributed by atoms with van der Waals surface area (Å²) in [5, 5.41) is 2.78. The van der Waals surface area contributed by atoms with Crippen molar-refractivity contribution in [3.63, 3.8) is 0 Å². The number of halogens is 2. The Hall–Kier alpha value is -3.68. The summed E-state index contributed by atoms with van der Waals surface area (Å²) >= 11 is 13.7. The molecule has 2 unspecified atom stereocenters. The van der Waals surface area contributed by atoms with Gasteiger partial charge in [-0.2, -0.15) is 0 Å². The predicted octanol–water partition coefficient (Wildman–Crippen LogP) is 5.19. The maximum absolute atomic E-state index is 14.6. The first kappa shape index (κ1) is 35.2. The van der Waals surface area contributed by atoms with Gasteiger partial charge >= 0.3 is 12.0 Å². The number of amides is 3. The van der Waals surface area contributed by atoms with Gasteiger partial charge in [0.25, 0.3) is 15.9 Å². The van der Waals surface area contributed by atoms with Crippen molar-refractivity contribution < 1.29 is 27.5 Å². The minimum absolute atomic E-state index is 0.0821. The molecule has 0 saturated carbocycles. The average Bonchev–Trinajstić information content (AvgIpc) is 3.28. The number of carbonyl (C=O) groups excluding carboxylic acids is 3. The summed E-state index contributed by atoms with van der Waals surface area (Å²) < 4.78 is 34.3. The van der Waals surface area contributed by atoms with Gasteiger partial charge < -0.3 is 26.4 Å². The molecule has 11 nitrogen and oxygen atoms in total. The van der Waals surface area contributed by atoms with Crippen LogP contribution < -0.4 is 21.1 Å². The molecule has 2 atom stereocenters. The van der Waals surface area contributed by atoms with Crippen LogP contribution in [0, 0.1) is 0 Å². The van der Waals surface area contributed by atoms with Crippen LogP contribution >= 0.6 is 23.2 Å². The lowest BCUT2D eigenvalue weighted by Gasteiger charge is -2.29. The van der Waals surface area contributed by atoms with Gasteiger partial charge in [0.05, 0.1) is 34.3 Å². The van der Waals surface area contributed by atoms with E-state index in [0.29, 0.717) is 36.8 Å². The normalized spacial score (nSPS) is 16.6. The fraction of sp³-hybridized carbons (Fsp3) is 0.344. The first-order chi connectivity index (χ1) is 21.9. The Morgan fingerprint density at radius 3 is 2.26 bits per heavy atom. The van der Waals surface area contributed by atoms with Crippen molar-refractivity contribution in [2.45, 2.75) is 49.5 Å². The largest absolute Gasteiger partial charge is 0.469 e. The lowest BCUT2D eigenvalue weighted by molar-refractivity contribution is -0.142.